The van der Waals surface area contributed by atoms with Crippen LogP contribution in [0.4, 0.5) is 0 Å². The fourth-order valence-electron chi connectivity index (χ4n) is 2.83. The summed E-state index contributed by atoms with van der Waals surface area (Å²) in [6, 6.07) is 9.06. The standard InChI is InChI=1S/C22H20N2O5S/c1-5-29-22(26)21-13(2)16(12-24)19(30-21)10-17(25)15(11-23)9-14-7-6-8-18(27-3)20(14)28-4/h6-9H,5,10H2,1-4H3/b15-9+. The van der Waals surface area contributed by atoms with E-state index in [4.69, 9.17) is 14.2 Å². The van der Waals surface area contributed by atoms with Crippen molar-refractivity contribution in [2.24, 2.45) is 0 Å². The predicted molar refractivity (Wildman–Crippen MR) is 112 cm³/mol. The minimum atomic E-state index is -0.535. The summed E-state index contributed by atoms with van der Waals surface area (Å²) in [4.78, 5) is 25.6. The highest BCUT2D eigenvalue weighted by Gasteiger charge is 2.23. The molecular formula is C22H20N2O5S. The molecule has 0 fully saturated rings. The highest BCUT2D eigenvalue weighted by molar-refractivity contribution is 7.14. The quantitative estimate of drug-likeness (QED) is 0.360. The predicted octanol–water partition coefficient (Wildman–Crippen LogP) is 3.84. The number of ether oxygens (including phenoxy) is 3. The maximum atomic E-state index is 12.8. The van der Waals surface area contributed by atoms with Crippen LogP contribution >= 0.6 is 11.3 Å². The fourth-order valence-corrected chi connectivity index (χ4v) is 3.98. The van der Waals surface area contributed by atoms with E-state index in [1.54, 1.807) is 32.0 Å². The number of ketones is 1. The van der Waals surface area contributed by atoms with Crippen molar-refractivity contribution >= 4 is 29.2 Å². The van der Waals surface area contributed by atoms with Gasteiger partial charge in [0.1, 0.15) is 17.0 Å². The number of methoxy groups -OCH3 is 2. The van der Waals surface area contributed by atoms with Gasteiger partial charge >= 0.3 is 5.97 Å². The molecule has 0 saturated carbocycles. The largest absolute Gasteiger partial charge is 0.493 e. The Morgan fingerprint density at radius 3 is 2.50 bits per heavy atom. The van der Waals surface area contributed by atoms with Crippen LogP contribution in [0.2, 0.25) is 0 Å². The zero-order chi connectivity index (χ0) is 22.3. The number of Topliss-reactive ketones (excluding diaryl/α,β-unsaturated/α-hetero) is 1. The first kappa shape index (κ1) is 22.7. The third kappa shape index (κ3) is 4.68. The molecule has 0 unspecified atom stereocenters. The molecule has 0 amide bonds. The summed E-state index contributed by atoms with van der Waals surface area (Å²) in [5.74, 6) is -0.145. The molecule has 2 aromatic rings. The number of hydrogen-bond acceptors (Lipinski definition) is 8. The Hall–Kier alpha value is -3.62. The van der Waals surface area contributed by atoms with E-state index in [-0.39, 0.29) is 29.0 Å². The van der Waals surface area contributed by atoms with Crippen molar-refractivity contribution in [1.82, 2.24) is 0 Å². The van der Waals surface area contributed by atoms with E-state index >= 15 is 0 Å². The van der Waals surface area contributed by atoms with E-state index in [0.717, 1.165) is 11.3 Å². The number of carbonyl (C=O) groups is 2. The Balaban J connectivity index is 2.41. The van der Waals surface area contributed by atoms with Crippen molar-refractivity contribution in [2.75, 3.05) is 20.8 Å². The summed E-state index contributed by atoms with van der Waals surface area (Å²) in [6.45, 7) is 3.53. The fraction of sp³-hybridized carbons (Fsp3) is 0.273. The van der Waals surface area contributed by atoms with Gasteiger partial charge in [-0.25, -0.2) is 4.79 Å². The first-order valence-electron chi connectivity index (χ1n) is 8.97. The molecule has 0 aliphatic heterocycles. The summed E-state index contributed by atoms with van der Waals surface area (Å²) < 4.78 is 15.6. The molecule has 0 atom stereocenters. The van der Waals surface area contributed by atoms with Crippen LogP contribution < -0.4 is 9.47 Å². The van der Waals surface area contributed by atoms with Gasteiger partial charge in [0.05, 0.1) is 32.0 Å². The van der Waals surface area contributed by atoms with Crippen molar-refractivity contribution < 1.29 is 23.8 Å². The first-order chi connectivity index (χ1) is 14.4. The van der Waals surface area contributed by atoms with Crippen LogP contribution in [0.1, 0.15) is 38.2 Å². The molecule has 8 heteroatoms. The summed E-state index contributed by atoms with van der Waals surface area (Å²) in [5, 5.41) is 19.0. The molecule has 7 nitrogen and oxygen atoms in total. The van der Waals surface area contributed by atoms with Gasteiger partial charge in [0.15, 0.2) is 17.3 Å². The van der Waals surface area contributed by atoms with Gasteiger partial charge in [-0.3, -0.25) is 4.79 Å². The monoisotopic (exact) mass is 424 g/mol. The number of esters is 1. The number of nitrogens with zero attached hydrogens (tertiary/aromatic N) is 2. The van der Waals surface area contributed by atoms with Crippen LogP contribution in [0.15, 0.2) is 23.8 Å². The van der Waals surface area contributed by atoms with Gasteiger partial charge in [0.2, 0.25) is 0 Å². The van der Waals surface area contributed by atoms with Crippen LogP contribution in [0.5, 0.6) is 11.5 Å². The lowest BCUT2D eigenvalue weighted by Gasteiger charge is -2.10. The van der Waals surface area contributed by atoms with E-state index in [2.05, 4.69) is 0 Å². The van der Waals surface area contributed by atoms with Crippen LogP contribution in [-0.2, 0) is 16.0 Å². The Morgan fingerprint density at radius 1 is 1.20 bits per heavy atom. The van der Waals surface area contributed by atoms with Gasteiger partial charge in [-0.1, -0.05) is 12.1 Å². The van der Waals surface area contributed by atoms with Crippen LogP contribution in [0.3, 0.4) is 0 Å². The molecule has 0 N–H and O–H groups in total. The number of carbonyl (C=O) groups excluding carboxylic acids is 2. The Morgan fingerprint density at radius 2 is 1.93 bits per heavy atom. The Kier molecular flexibility index (Phi) is 7.74. The van der Waals surface area contributed by atoms with Crippen molar-refractivity contribution in [2.45, 2.75) is 20.3 Å². The summed E-state index contributed by atoms with van der Waals surface area (Å²) >= 11 is 1.04. The number of rotatable bonds is 8. The number of thiophene rings is 1. The minimum absolute atomic E-state index is 0.103. The lowest BCUT2D eigenvalue weighted by molar-refractivity contribution is -0.114. The summed E-state index contributed by atoms with van der Waals surface area (Å²) in [7, 11) is 2.96. The first-order valence-corrected chi connectivity index (χ1v) is 9.78. The van der Waals surface area contributed by atoms with Crippen molar-refractivity contribution in [3.63, 3.8) is 0 Å². The number of hydrogen-bond donors (Lipinski definition) is 0. The molecule has 1 aromatic heterocycles. The Bertz CT molecular complexity index is 1090. The van der Waals surface area contributed by atoms with E-state index < -0.39 is 11.8 Å². The molecule has 30 heavy (non-hydrogen) atoms. The zero-order valence-electron chi connectivity index (χ0n) is 17.1. The third-order valence-corrected chi connectivity index (χ3v) is 5.54. The molecule has 0 aliphatic rings. The molecule has 0 bridgehead atoms. The molecule has 2 rings (SSSR count). The Labute approximate surface area is 178 Å². The molecule has 1 heterocycles. The summed E-state index contributed by atoms with van der Waals surface area (Å²) in [5.41, 5.74) is 1.14. The second-order valence-corrected chi connectivity index (χ2v) is 7.14. The molecule has 1 aromatic carbocycles. The normalized spacial score (nSPS) is 10.7. The molecule has 0 radical (unpaired) electrons. The molecule has 0 spiro atoms. The topological polar surface area (TPSA) is 109 Å². The van der Waals surface area contributed by atoms with Gasteiger partial charge in [-0.15, -0.1) is 11.3 Å². The SMILES string of the molecule is CCOC(=O)c1sc(CC(=O)/C(C#N)=C/c2cccc(OC)c2OC)c(C#N)c1C. The lowest BCUT2D eigenvalue weighted by atomic mass is 10.0. The highest BCUT2D eigenvalue weighted by Crippen LogP contribution is 2.33. The van der Waals surface area contributed by atoms with Gasteiger partial charge in [0.25, 0.3) is 0 Å². The van der Waals surface area contributed by atoms with E-state index in [1.807, 2.05) is 12.1 Å². The lowest BCUT2D eigenvalue weighted by Crippen LogP contribution is -2.05. The number of benzene rings is 1. The third-order valence-electron chi connectivity index (χ3n) is 4.27. The smallest absolute Gasteiger partial charge is 0.348 e. The maximum Gasteiger partial charge on any atom is 0.348 e. The molecule has 0 aliphatic carbocycles. The van der Waals surface area contributed by atoms with E-state index in [9.17, 15) is 20.1 Å². The van der Waals surface area contributed by atoms with Gasteiger partial charge < -0.3 is 14.2 Å². The average Bonchev–Trinajstić information content (AvgIpc) is 3.06. The van der Waals surface area contributed by atoms with Crippen LogP contribution in [-0.4, -0.2) is 32.6 Å². The van der Waals surface area contributed by atoms with Crippen LogP contribution in [0, 0.1) is 29.6 Å². The van der Waals surface area contributed by atoms with Crippen molar-refractivity contribution in [3.8, 4) is 23.6 Å². The van der Waals surface area contributed by atoms with Crippen LogP contribution in [0.25, 0.3) is 6.08 Å². The highest BCUT2D eigenvalue weighted by atomic mass is 32.1. The molecule has 154 valence electrons. The number of allylic oxidation sites excluding steroid dienone is 1. The second kappa shape index (κ2) is 10.2. The summed E-state index contributed by atoms with van der Waals surface area (Å²) in [6.07, 6.45) is 1.24. The van der Waals surface area contributed by atoms with Gasteiger partial charge in [0, 0.05) is 16.9 Å². The number of nitriles is 2. The molecule has 0 saturated heterocycles. The minimum Gasteiger partial charge on any atom is -0.493 e. The van der Waals surface area contributed by atoms with Crippen molar-refractivity contribution in [1.29, 1.82) is 10.5 Å². The second-order valence-electron chi connectivity index (χ2n) is 6.04. The maximum absolute atomic E-state index is 12.8. The average molecular weight is 424 g/mol. The van der Waals surface area contributed by atoms with Crippen molar-refractivity contribution in [3.05, 3.63) is 50.2 Å². The zero-order valence-corrected chi connectivity index (χ0v) is 17.9. The van der Waals surface area contributed by atoms with E-state index in [0.29, 0.717) is 27.5 Å². The van der Waals surface area contributed by atoms with E-state index in [1.165, 1.54) is 20.3 Å². The number of para-hydroxylation sites is 1. The van der Waals surface area contributed by atoms with Gasteiger partial charge in [-0.05, 0) is 31.6 Å². The van der Waals surface area contributed by atoms with Gasteiger partial charge in [-0.2, -0.15) is 10.5 Å². The molecular weight excluding hydrogens is 404 g/mol.